The summed E-state index contributed by atoms with van der Waals surface area (Å²) >= 11 is 0. The molecule has 0 radical (unpaired) electrons. The summed E-state index contributed by atoms with van der Waals surface area (Å²) in [6, 6.07) is 3.02. The topological polar surface area (TPSA) is 92.6 Å². The minimum absolute atomic E-state index is 0.352. The summed E-state index contributed by atoms with van der Waals surface area (Å²) in [5.41, 5.74) is 0. The van der Waals surface area contributed by atoms with Crippen LogP contribution in [-0.2, 0) is 11.3 Å². The summed E-state index contributed by atoms with van der Waals surface area (Å²) in [5, 5.41) is 12.9. The molecule has 1 aliphatic heterocycles. The second kappa shape index (κ2) is 4.85. The Labute approximate surface area is 108 Å². The molecule has 7 nitrogen and oxygen atoms in total. The fraction of sp³-hybridized carbons (Fsp3) is 0.417. The molecule has 0 amide bonds. The smallest absolute Gasteiger partial charge is 0.320 e. The molecule has 1 saturated heterocycles. The summed E-state index contributed by atoms with van der Waals surface area (Å²) in [6.07, 6.45) is 3.07. The summed E-state index contributed by atoms with van der Waals surface area (Å²) in [4.78, 5) is 17.1. The summed E-state index contributed by atoms with van der Waals surface area (Å²) in [6.45, 7) is 1.08. The second-order valence-electron chi connectivity index (χ2n) is 4.46. The van der Waals surface area contributed by atoms with Crippen molar-refractivity contribution in [3.8, 4) is 11.6 Å². The van der Waals surface area contributed by atoms with Gasteiger partial charge in [0.25, 0.3) is 0 Å². The van der Waals surface area contributed by atoms with E-state index in [1.807, 2.05) is 4.90 Å². The monoisotopic (exact) mass is 263 g/mol. The zero-order valence-electron chi connectivity index (χ0n) is 10.2. The lowest BCUT2D eigenvalue weighted by molar-refractivity contribution is -0.142. The van der Waals surface area contributed by atoms with Crippen LogP contribution < -0.4 is 0 Å². The van der Waals surface area contributed by atoms with Crippen LogP contribution in [0.2, 0.25) is 0 Å². The number of hydrogen-bond acceptors (Lipinski definition) is 6. The van der Waals surface area contributed by atoms with E-state index >= 15 is 0 Å². The van der Waals surface area contributed by atoms with Gasteiger partial charge in [-0.25, -0.2) is 0 Å². The lowest BCUT2D eigenvalue weighted by Gasteiger charge is -2.18. The van der Waals surface area contributed by atoms with Crippen molar-refractivity contribution < 1.29 is 18.8 Å². The molecule has 2 aromatic heterocycles. The van der Waals surface area contributed by atoms with Crippen LogP contribution in [0.4, 0.5) is 0 Å². The Kier molecular flexibility index (Phi) is 3.04. The molecule has 0 spiro atoms. The molecule has 0 saturated carbocycles. The van der Waals surface area contributed by atoms with E-state index in [4.69, 9.17) is 14.0 Å². The first-order valence-corrected chi connectivity index (χ1v) is 6.07. The summed E-state index contributed by atoms with van der Waals surface area (Å²) in [5.74, 6) is 0.514. The van der Waals surface area contributed by atoms with Crippen molar-refractivity contribution in [1.29, 1.82) is 0 Å². The number of aromatic nitrogens is 2. The highest BCUT2D eigenvalue weighted by Crippen LogP contribution is 2.21. The zero-order chi connectivity index (χ0) is 13.2. The molecule has 3 rings (SSSR count). The van der Waals surface area contributed by atoms with Gasteiger partial charge in [0.15, 0.2) is 5.76 Å². The number of nitrogens with zero attached hydrogens (tertiary/aromatic N) is 3. The van der Waals surface area contributed by atoms with Crippen molar-refractivity contribution in [3.63, 3.8) is 0 Å². The van der Waals surface area contributed by atoms with E-state index in [9.17, 15) is 4.79 Å². The summed E-state index contributed by atoms with van der Waals surface area (Å²) < 4.78 is 10.3. The largest absolute Gasteiger partial charge is 0.480 e. The van der Waals surface area contributed by atoms with Gasteiger partial charge in [-0.3, -0.25) is 9.69 Å². The number of carboxylic acids is 1. The van der Waals surface area contributed by atoms with Gasteiger partial charge in [0, 0.05) is 0 Å². The highest BCUT2D eigenvalue weighted by atomic mass is 16.5. The minimum Gasteiger partial charge on any atom is -0.480 e. The Balaban J connectivity index is 1.72. The number of rotatable bonds is 4. The predicted octanol–water partition coefficient (Wildman–Crippen LogP) is 1.38. The first kappa shape index (κ1) is 11.9. The van der Waals surface area contributed by atoms with E-state index in [-0.39, 0.29) is 0 Å². The van der Waals surface area contributed by atoms with Gasteiger partial charge in [-0.15, -0.1) is 0 Å². The van der Waals surface area contributed by atoms with Gasteiger partial charge in [0.05, 0.1) is 12.8 Å². The molecular weight excluding hydrogens is 250 g/mol. The standard InChI is InChI=1S/C12H13N3O4/c16-12(17)8-3-1-5-15(8)7-10-13-11(14-19-10)9-4-2-6-18-9/h2,4,6,8H,1,3,5,7H2,(H,16,17). The van der Waals surface area contributed by atoms with Crippen molar-refractivity contribution in [2.45, 2.75) is 25.4 Å². The van der Waals surface area contributed by atoms with Crippen LogP contribution in [0.1, 0.15) is 18.7 Å². The lowest BCUT2D eigenvalue weighted by atomic mass is 10.2. The summed E-state index contributed by atoms with van der Waals surface area (Å²) in [7, 11) is 0. The molecular formula is C12H13N3O4. The third-order valence-electron chi connectivity index (χ3n) is 3.20. The van der Waals surface area contributed by atoms with E-state index in [1.54, 1.807) is 12.1 Å². The van der Waals surface area contributed by atoms with E-state index in [0.717, 1.165) is 13.0 Å². The van der Waals surface area contributed by atoms with Crippen LogP contribution in [0.25, 0.3) is 11.6 Å². The third kappa shape index (κ3) is 2.37. The number of likely N-dealkylation sites (tertiary alicyclic amines) is 1. The fourth-order valence-electron chi connectivity index (χ4n) is 2.29. The first-order chi connectivity index (χ1) is 9.24. The molecule has 7 heteroatoms. The van der Waals surface area contributed by atoms with Gasteiger partial charge in [0.2, 0.25) is 11.7 Å². The Bertz CT molecular complexity index is 563. The maximum atomic E-state index is 11.1. The molecule has 1 atom stereocenters. The maximum Gasteiger partial charge on any atom is 0.320 e. The Morgan fingerprint density at radius 2 is 2.47 bits per heavy atom. The molecule has 1 unspecified atom stereocenters. The number of carbonyl (C=O) groups is 1. The fourth-order valence-corrected chi connectivity index (χ4v) is 2.29. The van der Waals surface area contributed by atoms with Crippen molar-refractivity contribution in [2.24, 2.45) is 0 Å². The van der Waals surface area contributed by atoms with E-state index in [1.165, 1.54) is 6.26 Å². The average molecular weight is 263 g/mol. The maximum absolute atomic E-state index is 11.1. The van der Waals surface area contributed by atoms with Crippen molar-refractivity contribution >= 4 is 5.97 Å². The number of aliphatic carboxylic acids is 1. The molecule has 1 aliphatic rings. The van der Waals surface area contributed by atoms with Crippen LogP contribution in [0.15, 0.2) is 27.3 Å². The highest BCUT2D eigenvalue weighted by molar-refractivity contribution is 5.73. The van der Waals surface area contributed by atoms with E-state index < -0.39 is 12.0 Å². The van der Waals surface area contributed by atoms with E-state index in [0.29, 0.717) is 30.4 Å². The van der Waals surface area contributed by atoms with Crippen molar-refractivity contribution in [2.75, 3.05) is 6.54 Å². The lowest BCUT2D eigenvalue weighted by Crippen LogP contribution is -2.35. The number of furan rings is 1. The molecule has 0 aromatic carbocycles. The van der Waals surface area contributed by atoms with Gasteiger partial charge >= 0.3 is 5.97 Å². The van der Waals surface area contributed by atoms with Gasteiger partial charge < -0.3 is 14.0 Å². The van der Waals surface area contributed by atoms with Crippen LogP contribution in [0.5, 0.6) is 0 Å². The molecule has 0 aliphatic carbocycles. The molecule has 2 aromatic rings. The van der Waals surface area contributed by atoms with Gasteiger partial charge in [-0.05, 0) is 31.5 Å². The normalized spacial score (nSPS) is 19.9. The SMILES string of the molecule is O=C(O)C1CCCN1Cc1nc(-c2ccco2)no1. The van der Waals surface area contributed by atoms with Crippen LogP contribution in [0.3, 0.4) is 0 Å². The molecule has 1 N–H and O–H groups in total. The van der Waals surface area contributed by atoms with Gasteiger partial charge in [-0.1, -0.05) is 5.16 Å². The van der Waals surface area contributed by atoms with Gasteiger partial charge in [-0.2, -0.15) is 4.98 Å². The minimum atomic E-state index is -0.803. The third-order valence-corrected chi connectivity index (χ3v) is 3.20. The van der Waals surface area contributed by atoms with Crippen molar-refractivity contribution in [1.82, 2.24) is 15.0 Å². The molecule has 0 bridgehead atoms. The van der Waals surface area contributed by atoms with Gasteiger partial charge in [0.1, 0.15) is 6.04 Å². The highest BCUT2D eigenvalue weighted by Gasteiger charge is 2.31. The second-order valence-corrected chi connectivity index (χ2v) is 4.46. The van der Waals surface area contributed by atoms with Crippen LogP contribution in [0, 0.1) is 0 Å². The van der Waals surface area contributed by atoms with Crippen LogP contribution in [-0.4, -0.2) is 38.7 Å². The van der Waals surface area contributed by atoms with Crippen LogP contribution >= 0.6 is 0 Å². The van der Waals surface area contributed by atoms with E-state index in [2.05, 4.69) is 10.1 Å². The Hall–Kier alpha value is -2.15. The predicted molar refractivity (Wildman–Crippen MR) is 63.1 cm³/mol. The molecule has 3 heterocycles. The Morgan fingerprint density at radius 3 is 3.21 bits per heavy atom. The number of hydrogen-bond donors (Lipinski definition) is 1. The first-order valence-electron chi connectivity index (χ1n) is 6.07. The number of carboxylic acid groups (broad SMARTS) is 1. The Morgan fingerprint density at radius 1 is 1.58 bits per heavy atom. The molecule has 1 fully saturated rings. The quantitative estimate of drug-likeness (QED) is 0.890. The molecule has 100 valence electrons. The van der Waals surface area contributed by atoms with Crippen molar-refractivity contribution in [3.05, 3.63) is 24.3 Å². The zero-order valence-corrected chi connectivity index (χ0v) is 10.2. The molecule has 19 heavy (non-hydrogen) atoms. The average Bonchev–Trinajstić information content (AvgIpc) is 3.09.